The Morgan fingerprint density at radius 3 is 2.79 bits per heavy atom. The van der Waals surface area contributed by atoms with Crippen molar-refractivity contribution in [2.75, 3.05) is 0 Å². The molecule has 1 aromatic heterocycles. The fourth-order valence-corrected chi connectivity index (χ4v) is 2.19. The fraction of sp³-hybridized carbons (Fsp3) is 0.357. The molecule has 1 N–H and O–H groups in total. The molecule has 2 rings (SSSR count). The Labute approximate surface area is 116 Å². The lowest BCUT2D eigenvalue weighted by atomic mass is 10.0. The van der Waals surface area contributed by atoms with Crippen LogP contribution in [0.3, 0.4) is 0 Å². The summed E-state index contributed by atoms with van der Waals surface area (Å²) in [7, 11) is 0. The molecule has 2 aromatic rings. The normalized spacial score (nSPS) is 12.7. The summed E-state index contributed by atoms with van der Waals surface area (Å²) in [5.41, 5.74) is 2.36. The van der Waals surface area contributed by atoms with E-state index in [9.17, 15) is 9.50 Å². The maximum absolute atomic E-state index is 13.4. The van der Waals surface area contributed by atoms with Crippen molar-refractivity contribution >= 4 is 11.6 Å². The van der Waals surface area contributed by atoms with E-state index >= 15 is 0 Å². The Balaban J connectivity index is 2.20. The van der Waals surface area contributed by atoms with Crippen LogP contribution in [0.1, 0.15) is 30.0 Å². The van der Waals surface area contributed by atoms with Gasteiger partial charge in [0.25, 0.3) is 0 Å². The quantitative estimate of drug-likeness (QED) is 0.934. The average Bonchev–Trinajstić information content (AvgIpc) is 2.72. The second-order valence-electron chi connectivity index (χ2n) is 4.49. The number of aliphatic hydroxyl groups is 1. The molecule has 0 bridgehead atoms. The first-order chi connectivity index (χ1) is 9.01. The van der Waals surface area contributed by atoms with Gasteiger partial charge < -0.3 is 5.11 Å². The van der Waals surface area contributed by atoms with Gasteiger partial charge >= 0.3 is 0 Å². The van der Waals surface area contributed by atoms with E-state index in [-0.39, 0.29) is 5.02 Å². The molecule has 0 aliphatic carbocycles. The lowest BCUT2D eigenvalue weighted by molar-refractivity contribution is 0.175. The number of nitrogens with zero attached hydrogens (tertiary/aromatic N) is 2. The van der Waals surface area contributed by atoms with Gasteiger partial charge in [0.2, 0.25) is 0 Å². The molecule has 0 radical (unpaired) electrons. The largest absolute Gasteiger partial charge is 0.388 e. The van der Waals surface area contributed by atoms with Gasteiger partial charge in [0, 0.05) is 18.7 Å². The van der Waals surface area contributed by atoms with Crippen LogP contribution in [0.4, 0.5) is 4.39 Å². The van der Waals surface area contributed by atoms with Crippen molar-refractivity contribution in [3.63, 3.8) is 0 Å². The Hall–Kier alpha value is -1.39. The minimum absolute atomic E-state index is 0.0606. The number of hydrogen-bond donors (Lipinski definition) is 1. The third kappa shape index (κ3) is 3.14. The zero-order valence-electron chi connectivity index (χ0n) is 10.9. The second-order valence-corrected chi connectivity index (χ2v) is 4.89. The molecule has 102 valence electrons. The molecule has 0 saturated carbocycles. The predicted molar refractivity (Wildman–Crippen MR) is 72.7 cm³/mol. The summed E-state index contributed by atoms with van der Waals surface area (Å²) < 4.78 is 15.2. The van der Waals surface area contributed by atoms with Crippen LogP contribution in [0.15, 0.2) is 24.3 Å². The van der Waals surface area contributed by atoms with Crippen molar-refractivity contribution in [2.24, 2.45) is 0 Å². The summed E-state index contributed by atoms with van der Waals surface area (Å²) >= 11 is 5.63. The van der Waals surface area contributed by atoms with Gasteiger partial charge in [-0.05, 0) is 37.6 Å². The number of benzene rings is 1. The van der Waals surface area contributed by atoms with Gasteiger partial charge in [-0.25, -0.2) is 4.39 Å². The summed E-state index contributed by atoms with van der Waals surface area (Å²) in [5, 5.41) is 14.5. The molecule has 1 aromatic carbocycles. The molecule has 1 heterocycles. The molecule has 1 atom stereocenters. The number of aliphatic hydroxyl groups excluding tert-OH is 1. The van der Waals surface area contributed by atoms with Crippen LogP contribution < -0.4 is 0 Å². The Morgan fingerprint density at radius 1 is 1.42 bits per heavy atom. The van der Waals surface area contributed by atoms with Gasteiger partial charge in [0.1, 0.15) is 5.82 Å². The number of hydrogen-bond acceptors (Lipinski definition) is 2. The van der Waals surface area contributed by atoms with Crippen LogP contribution in [0.2, 0.25) is 5.02 Å². The number of rotatable bonds is 4. The van der Waals surface area contributed by atoms with Gasteiger partial charge in [-0.3, -0.25) is 4.68 Å². The standard InChI is InChI=1S/C14H16ClFN2O/c1-3-18-11(6-9(2)17-18)8-14(19)10-4-5-12(15)13(16)7-10/h4-7,14,19H,3,8H2,1-2H3. The summed E-state index contributed by atoms with van der Waals surface area (Å²) in [6.45, 7) is 4.64. The van der Waals surface area contributed by atoms with E-state index in [4.69, 9.17) is 11.6 Å². The van der Waals surface area contributed by atoms with Crippen LogP contribution in [-0.2, 0) is 13.0 Å². The highest BCUT2D eigenvalue weighted by Crippen LogP contribution is 2.23. The van der Waals surface area contributed by atoms with E-state index in [1.807, 2.05) is 24.6 Å². The smallest absolute Gasteiger partial charge is 0.142 e. The molecule has 19 heavy (non-hydrogen) atoms. The molecule has 0 aliphatic rings. The molecular formula is C14H16ClFN2O. The summed E-state index contributed by atoms with van der Waals surface area (Å²) in [6, 6.07) is 6.29. The van der Waals surface area contributed by atoms with Gasteiger partial charge in [-0.2, -0.15) is 5.10 Å². The van der Waals surface area contributed by atoms with E-state index in [1.165, 1.54) is 12.1 Å². The first-order valence-electron chi connectivity index (χ1n) is 6.17. The van der Waals surface area contributed by atoms with Gasteiger partial charge in [0.15, 0.2) is 0 Å². The van der Waals surface area contributed by atoms with Gasteiger partial charge in [-0.1, -0.05) is 17.7 Å². The molecule has 0 aliphatic heterocycles. The molecule has 1 unspecified atom stereocenters. The maximum Gasteiger partial charge on any atom is 0.142 e. The van der Waals surface area contributed by atoms with E-state index in [0.29, 0.717) is 12.0 Å². The molecule has 0 amide bonds. The third-order valence-corrected chi connectivity index (χ3v) is 3.32. The molecular weight excluding hydrogens is 267 g/mol. The summed E-state index contributed by atoms with van der Waals surface area (Å²) in [4.78, 5) is 0. The zero-order chi connectivity index (χ0) is 14.0. The fourth-order valence-electron chi connectivity index (χ4n) is 2.07. The van der Waals surface area contributed by atoms with Crippen LogP contribution in [0, 0.1) is 12.7 Å². The van der Waals surface area contributed by atoms with Crippen molar-refractivity contribution in [3.8, 4) is 0 Å². The molecule has 0 saturated heterocycles. The Morgan fingerprint density at radius 2 is 2.16 bits per heavy atom. The lowest BCUT2D eigenvalue weighted by Gasteiger charge is -2.12. The number of aryl methyl sites for hydroxylation is 2. The first kappa shape index (κ1) is 14.0. The van der Waals surface area contributed by atoms with Gasteiger partial charge in [-0.15, -0.1) is 0 Å². The van der Waals surface area contributed by atoms with Crippen LogP contribution in [0.25, 0.3) is 0 Å². The minimum Gasteiger partial charge on any atom is -0.388 e. The van der Waals surface area contributed by atoms with Crippen molar-refractivity contribution in [1.29, 1.82) is 0 Å². The molecule has 3 nitrogen and oxygen atoms in total. The van der Waals surface area contributed by atoms with Crippen molar-refractivity contribution in [3.05, 3.63) is 52.1 Å². The Bertz CT molecular complexity index is 583. The summed E-state index contributed by atoms with van der Waals surface area (Å²) in [5.74, 6) is -0.515. The lowest BCUT2D eigenvalue weighted by Crippen LogP contribution is -2.08. The minimum atomic E-state index is -0.770. The van der Waals surface area contributed by atoms with Crippen molar-refractivity contribution < 1.29 is 9.50 Å². The first-order valence-corrected chi connectivity index (χ1v) is 6.55. The molecule has 5 heteroatoms. The SMILES string of the molecule is CCn1nc(C)cc1CC(O)c1ccc(Cl)c(F)c1. The highest BCUT2D eigenvalue weighted by molar-refractivity contribution is 6.30. The van der Waals surface area contributed by atoms with E-state index in [0.717, 1.165) is 17.9 Å². The average molecular weight is 283 g/mol. The van der Waals surface area contributed by atoms with Crippen molar-refractivity contribution in [2.45, 2.75) is 32.9 Å². The summed E-state index contributed by atoms with van der Waals surface area (Å²) in [6.07, 6.45) is -0.372. The maximum atomic E-state index is 13.4. The van der Waals surface area contributed by atoms with Crippen LogP contribution in [-0.4, -0.2) is 14.9 Å². The number of aromatic nitrogens is 2. The third-order valence-electron chi connectivity index (χ3n) is 3.02. The van der Waals surface area contributed by atoms with E-state index < -0.39 is 11.9 Å². The van der Waals surface area contributed by atoms with Gasteiger partial charge in [0.05, 0.1) is 16.8 Å². The topological polar surface area (TPSA) is 38.0 Å². The van der Waals surface area contributed by atoms with E-state index in [2.05, 4.69) is 5.10 Å². The van der Waals surface area contributed by atoms with Crippen LogP contribution in [0.5, 0.6) is 0 Å². The Kier molecular flexibility index (Phi) is 4.22. The highest BCUT2D eigenvalue weighted by Gasteiger charge is 2.14. The second kappa shape index (κ2) is 5.72. The zero-order valence-corrected chi connectivity index (χ0v) is 11.7. The van der Waals surface area contributed by atoms with E-state index in [1.54, 1.807) is 6.07 Å². The monoisotopic (exact) mass is 282 g/mol. The predicted octanol–water partition coefficient (Wildman–Crippen LogP) is 3.28. The number of halogens is 2. The molecule has 0 spiro atoms. The van der Waals surface area contributed by atoms with Crippen molar-refractivity contribution in [1.82, 2.24) is 9.78 Å². The highest BCUT2D eigenvalue weighted by atomic mass is 35.5. The van der Waals surface area contributed by atoms with Crippen LogP contribution >= 0.6 is 11.6 Å². The molecule has 0 fully saturated rings.